The topological polar surface area (TPSA) is 45.2 Å². The molecule has 2 heterocycles. The number of aromatic nitrogens is 1. The Balaban J connectivity index is 1.96. The number of hydrogen-bond acceptors (Lipinski definition) is 3. The van der Waals surface area contributed by atoms with E-state index < -0.39 is 0 Å². The first-order valence-corrected chi connectivity index (χ1v) is 7.13. The molecule has 1 fully saturated rings. The quantitative estimate of drug-likeness (QED) is 0.933. The van der Waals surface area contributed by atoms with Crippen molar-refractivity contribution in [2.24, 2.45) is 0 Å². The van der Waals surface area contributed by atoms with Gasteiger partial charge in [-0.15, -0.1) is 0 Å². The summed E-state index contributed by atoms with van der Waals surface area (Å²) in [5.74, 6) is 0.877. The first-order chi connectivity index (χ1) is 8.68. The largest absolute Gasteiger partial charge is 0.358 e. The van der Waals surface area contributed by atoms with Crippen LogP contribution in [0, 0.1) is 0 Å². The van der Waals surface area contributed by atoms with Gasteiger partial charge in [-0.25, -0.2) is 4.98 Å². The van der Waals surface area contributed by atoms with Gasteiger partial charge >= 0.3 is 0 Å². The van der Waals surface area contributed by atoms with Gasteiger partial charge in [0.1, 0.15) is 11.9 Å². The van der Waals surface area contributed by atoms with Crippen LogP contribution in [0.1, 0.15) is 26.2 Å². The molecule has 0 aliphatic carbocycles. The van der Waals surface area contributed by atoms with E-state index in [1.54, 1.807) is 6.20 Å². The van der Waals surface area contributed by atoms with Gasteiger partial charge in [0, 0.05) is 19.3 Å². The highest BCUT2D eigenvalue weighted by atomic mass is 79.9. The highest BCUT2D eigenvalue weighted by molar-refractivity contribution is 9.10. The van der Waals surface area contributed by atoms with Crippen LogP contribution in [0.3, 0.4) is 0 Å². The Morgan fingerprint density at radius 3 is 2.83 bits per heavy atom. The number of carbonyl (C=O) groups is 1. The third kappa shape index (κ3) is 3.22. The average molecular weight is 312 g/mol. The molecule has 0 radical (unpaired) electrons. The molecule has 1 saturated heterocycles. The minimum Gasteiger partial charge on any atom is -0.358 e. The summed E-state index contributed by atoms with van der Waals surface area (Å²) in [5.41, 5.74) is 0. The van der Waals surface area contributed by atoms with E-state index in [9.17, 15) is 4.79 Å². The third-order valence-electron chi connectivity index (χ3n) is 3.15. The number of nitrogens with zero attached hydrogens (tertiary/aromatic N) is 2. The molecule has 0 spiro atoms. The van der Waals surface area contributed by atoms with Crippen LogP contribution in [0.15, 0.2) is 22.8 Å². The van der Waals surface area contributed by atoms with Gasteiger partial charge in [0.25, 0.3) is 0 Å². The maximum absolute atomic E-state index is 12.2. The lowest BCUT2D eigenvalue weighted by Gasteiger charge is -2.29. The molecule has 1 atom stereocenters. The fraction of sp³-hybridized carbons (Fsp3) is 0.538. The second-order valence-electron chi connectivity index (χ2n) is 4.59. The summed E-state index contributed by atoms with van der Waals surface area (Å²) in [6, 6.07) is 3.52. The Hall–Kier alpha value is -1.10. The van der Waals surface area contributed by atoms with E-state index >= 15 is 0 Å². The Bertz CT molecular complexity index is 418. The molecular formula is C13H18BrN3O. The van der Waals surface area contributed by atoms with Crippen LogP contribution in [0.5, 0.6) is 0 Å². The zero-order valence-corrected chi connectivity index (χ0v) is 12.1. The predicted octanol–water partition coefficient (Wildman–Crippen LogP) is 2.66. The van der Waals surface area contributed by atoms with E-state index in [0.29, 0.717) is 0 Å². The van der Waals surface area contributed by atoms with Gasteiger partial charge in [0.15, 0.2) is 0 Å². The molecule has 1 N–H and O–H groups in total. The molecule has 0 bridgehead atoms. The molecule has 4 nitrogen and oxygen atoms in total. The maximum Gasteiger partial charge on any atom is 0.244 e. The highest BCUT2D eigenvalue weighted by Crippen LogP contribution is 2.20. The van der Waals surface area contributed by atoms with Crippen LogP contribution >= 0.6 is 15.9 Å². The van der Waals surface area contributed by atoms with Crippen molar-refractivity contribution in [2.45, 2.75) is 32.2 Å². The van der Waals surface area contributed by atoms with Crippen LogP contribution in [-0.2, 0) is 4.79 Å². The summed E-state index contributed by atoms with van der Waals surface area (Å²) in [6.07, 6.45) is 5.18. The van der Waals surface area contributed by atoms with Crippen molar-refractivity contribution in [2.75, 3.05) is 18.4 Å². The highest BCUT2D eigenvalue weighted by Gasteiger charge is 2.22. The van der Waals surface area contributed by atoms with Crippen molar-refractivity contribution in [3.63, 3.8) is 0 Å². The Morgan fingerprint density at radius 1 is 1.44 bits per heavy atom. The van der Waals surface area contributed by atoms with Crippen LogP contribution in [0.4, 0.5) is 5.82 Å². The lowest BCUT2D eigenvalue weighted by atomic mass is 10.1. The second-order valence-corrected chi connectivity index (χ2v) is 5.44. The molecule has 1 aliphatic rings. The zero-order chi connectivity index (χ0) is 13.0. The molecule has 1 unspecified atom stereocenters. The maximum atomic E-state index is 12.2. The molecule has 1 aliphatic heterocycles. The van der Waals surface area contributed by atoms with Gasteiger partial charge in [-0.2, -0.15) is 0 Å². The van der Waals surface area contributed by atoms with Gasteiger partial charge in [0.2, 0.25) is 5.91 Å². The van der Waals surface area contributed by atoms with E-state index in [0.717, 1.165) is 36.2 Å². The van der Waals surface area contributed by atoms with E-state index in [-0.39, 0.29) is 11.9 Å². The van der Waals surface area contributed by atoms with Crippen LogP contribution in [-0.4, -0.2) is 34.9 Å². The number of likely N-dealkylation sites (tertiary alicyclic amines) is 1. The van der Waals surface area contributed by atoms with Gasteiger partial charge in [0.05, 0.1) is 4.47 Å². The zero-order valence-electron chi connectivity index (χ0n) is 10.5. The molecule has 1 amide bonds. The minimum absolute atomic E-state index is 0.159. The number of carbonyl (C=O) groups excluding carboxylic acids is 1. The van der Waals surface area contributed by atoms with Crippen molar-refractivity contribution in [1.82, 2.24) is 9.88 Å². The van der Waals surface area contributed by atoms with Crippen LogP contribution in [0.2, 0.25) is 0 Å². The number of rotatable bonds is 3. The second kappa shape index (κ2) is 6.18. The number of halogens is 1. The number of pyridine rings is 1. The SMILES string of the molecule is CC(Nc1ncccc1Br)C(=O)N1CCCCC1. The monoisotopic (exact) mass is 311 g/mol. The van der Waals surface area contributed by atoms with Crippen LogP contribution in [0.25, 0.3) is 0 Å². The summed E-state index contributed by atoms with van der Waals surface area (Å²) in [6.45, 7) is 3.65. The molecule has 18 heavy (non-hydrogen) atoms. The first-order valence-electron chi connectivity index (χ1n) is 6.34. The molecule has 5 heteroatoms. The number of anilines is 1. The molecule has 0 aromatic carbocycles. The van der Waals surface area contributed by atoms with Crippen molar-refractivity contribution < 1.29 is 4.79 Å². The van der Waals surface area contributed by atoms with E-state index in [2.05, 4.69) is 26.2 Å². The van der Waals surface area contributed by atoms with E-state index in [1.165, 1.54) is 6.42 Å². The summed E-state index contributed by atoms with van der Waals surface area (Å²) in [7, 11) is 0. The lowest BCUT2D eigenvalue weighted by Crippen LogP contribution is -2.44. The molecule has 1 aromatic rings. The molecule has 1 aromatic heterocycles. The van der Waals surface area contributed by atoms with Gasteiger partial charge in [-0.05, 0) is 54.2 Å². The van der Waals surface area contributed by atoms with Crippen molar-refractivity contribution in [3.8, 4) is 0 Å². The van der Waals surface area contributed by atoms with Gasteiger partial charge in [-0.3, -0.25) is 4.79 Å². The normalized spacial score (nSPS) is 17.3. The molecular weight excluding hydrogens is 294 g/mol. The number of piperidine rings is 1. The van der Waals surface area contributed by atoms with Gasteiger partial charge < -0.3 is 10.2 Å². The van der Waals surface area contributed by atoms with Crippen molar-refractivity contribution >= 4 is 27.7 Å². The lowest BCUT2D eigenvalue weighted by molar-refractivity contribution is -0.132. The number of nitrogens with one attached hydrogen (secondary N) is 1. The Kier molecular flexibility index (Phi) is 4.58. The smallest absolute Gasteiger partial charge is 0.244 e. The molecule has 0 saturated carbocycles. The molecule has 98 valence electrons. The first kappa shape index (κ1) is 13.3. The average Bonchev–Trinajstić information content (AvgIpc) is 2.41. The number of amides is 1. The van der Waals surface area contributed by atoms with Crippen molar-refractivity contribution in [1.29, 1.82) is 0 Å². The Labute approximate surface area is 116 Å². The van der Waals surface area contributed by atoms with E-state index in [4.69, 9.17) is 0 Å². The van der Waals surface area contributed by atoms with Gasteiger partial charge in [-0.1, -0.05) is 0 Å². The Morgan fingerprint density at radius 2 is 2.17 bits per heavy atom. The summed E-state index contributed by atoms with van der Waals surface area (Å²) >= 11 is 3.42. The third-order valence-corrected chi connectivity index (χ3v) is 3.79. The summed E-state index contributed by atoms with van der Waals surface area (Å²) < 4.78 is 0.878. The molecule has 2 rings (SSSR count). The summed E-state index contributed by atoms with van der Waals surface area (Å²) in [5, 5.41) is 3.16. The fourth-order valence-electron chi connectivity index (χ4n) is 2.15. The van der Waals surface area contributed by atoms with Crippen molar-refractivity contribution in [3.05, 3.63) is 22.8 Å². The predicted molar refractivity (Wildman–Crippen MR) is 75.5 cm³/mol. The summed E-state index contributed by atoms with van der Waals surface area (Å²) in [4.78, 5) is 18.4. The standard InChI is InChI=1S/C13H18BrN3O/c1-10(13(18)17-8-3-2-4-9-17)16-12-11(14)6-5-7-15-12/h5-7,10H,2-4,8-9H2,1H3,(H,15,16). The van der Waals surface area contributed by atoms with Crippen LogP contribution < -0.4 is 5.32 Å². The van der Waals surface area contributed by atoms with E-state index in [1.807, 2.05) is 24.0 Å². The minimum atomic E-state index is -0.241. The fourth-order valence-corrected chi connectivity index (χ4v) is 2.52. The number of hydrogen-bond donors (Lipinski definition) is 1.